The number of nitrogens with one attached hydrogen (secondary N) is 1. The predicted molar refractivity (Wildman–Crippen MR) is 139 cm³/mol. The molecule has 0 aliphatic carbocycles. The van der Waals surface area contributed by atoms with E-state index in [9.17, 15) is 4.79 Å². The molecule has 0 radical (unpaired) electrons. The molecule has 0 atom stereocenters. The van der Waals surface area contributed by atoms with Gasteiger partial charge in [-0.1, -0.05) is 53.5 Å². The number of halogens is 2. The van der Waals surface area contributed by atoms with Crippen molar-refractivity contribution >= 4 is 51.7 Å². The molecule has 0 saturated carbocycles. The second-order valence-corrected chi connectivity index (χ2v) is 8.92. The molecule has 4 aromatic rings. The predicted octanol–water partition coefficient (Wildman–Crippen LogP) is 7.36. The molecule has 0 aliphatic rings. The molecule has 5 nitrogen and oxygen atoms in total. The van der Waals surface area contributed by atoms with Crippen molar-refractivity contribution in [2.45, 2.75) is 6.61 Å². The van der Waals surface area contributed by atoms with Crippen LogP contribution in [0.2, 0.25) is 10.0 Å². The van der Waals surface area contributed by atoms with E-state index in [1.807, 2.05) is 60.0 Å². The number of aromatic nitrogens is 1. The molecule has 0 saturated heterocycles. The van der Waals surface area contributed by atoms with Crippen molar-refractivity contribution in [2.24, 2.45) is 0 Å². The fraction of sp³-hybridized carbons (Fsp3) is 0.0769. The number of hydrogen-bond acceptors (Lipinski definition) is 5. The number of ether oxygens (including phenoxy) is 2. The van der Waals surface area contributed by atoms with Gasteiger partial charge in [-0.3, -0.25) is 10.1 Å². The first-order valence-electron chi connectivity index (χ1n) is 10.3. The summed E-state index contributed by atoms with van der Waals surface area (Å²) < 4.78 is 11.3. The van der Waals surface area contributed by atoms with Crippen molar-refractivity contribution in [1.82, 2.24) is 4.98 Å². The van der Waals surface area contributed by atoms with Crippen molar-refractivity contribution < 1.29 is 14.3 Å². The molecule has 1 N–H and O–H groups in total. The Bertz CT molecular complexity index is 1300. The third kappa shape index (κ3) is 6.38. The van der Waals surface area contributed by atoms with E-state index in [0.29, 0.717) is 33.3 Å². The molecule has 0 spiro atoms. The van der Waals surface area contributed by atoms with Gasteiger partial charge in [0.15, 0.2) is 16.6 Å². The summed E-state index contributed by atoms with van der Waals surface area (Å²) in [6.07, 6.45) is 3.15. The molecule has 0 aliphatic heterocycles. The summed E-state index contributed by atoms with van der Waals surface area (Å²) in [6, 6.07) is 20.3. The fourth-order valence-corrected chi connectivity index (χ4v) is 4.03. The van der Waals surface area contributed by atoms with Crippen LogP contribution in [-0.4, -0.2) is 18.0 Å². The zero-order valence-corrected chi connectivity index (χ0v) is 20.5. The van der Waals surface area contributed by atoms with E-state index in [4.69, 9.17) is 32.7 Å². The second kappa shape index (κ2) is 11.2. The van der Waals surface area contributed by atoms with Gasteiger partial charge in [0, 0.05) is 27.1 Å². The van der Waals surface area contributed by atoms with E-state index in [1.165, 1.54) is 17.4 Å². The molecule has 8 heteroatoms. The van der Waals surface area contributed by atoms with Gasteiger partial charge in [-0.25, -0.2) is 4.98 Å². The monoisotopic (exact) mass is 510 g/mol. The van der Waals surface area contributed by atoms with Crippen molar-refractivity contribution in [3.8, 4) is 22.8 Å². The van der Waals surface area contributed by atoms with Crippen LogP contribution in [0.1, 0.15) is 11.1 Å². The first kappa shape index (κ1) is 23.8. The average Bonchev–Trinajstić information content (AvgIpc) is 3.31. The smallest absolute Gasteiger partial charge is 0.250 e. The van der Waals surface area contributed by atoms with Crippen LogP contribution in [0.4, 0.5) is 5.13 Å². The lowest BCUT2D eigenvalue weighted by Crippen LogP contribution is -2.07. The number of amides is 1. The minimum absolute atomic E-state index is 0.279. The summed E-state index contributed by atoms with van der Waals surface area (Å²) in [7, 11) is 1.57. The van der Waals surface area contributed by atoms with Crippen LogP contribution in [0.25, 0.3) is 17.3 Å². The molecule has 172 valence electrons. The van der Waals surface area contributed by atoms with Gasteiger partial charge in [0.1, 0.15) is 6.61 Å². The Morgan fingerprint density at radius 3 is 2.41 bits per heavy atom. The molecular formula is C26H20Cl2N2O3S. The Hall–Kier alpha value is -3.32. The van der Waals surface area contributed by atoms with Gasteiger partial charge >= 0.3 is 0 Å². The molecule has 1 heterocycles. The van der Waals surface area contributed by atoms with Crippen LogP contribution < -0.4 is 14.8 Å². The summed E-state index contributed by atoms with van der Waals surface area (Å²) >= 11 is 13.2. The van der Waals surface area contributed by atoms with Gasteiger partial charge in [-0.2, -0.15) is 0 Å². The van der Waals surface area contributed by atoms with Gasteiger partial charge in [0.25, 0.3) is 0 Å². The zero-order valence-electron chi connectivity index (χ0n) is 18.1. The first-order valence-corrected chi connectivity index (χ1v) is 11.9. The van der Waals surface area contributed by atoms with Crippen LogP contribution in [-0.2, 0) is 11.4 Å². The van der Waals surface area contributed by atoms with Gasteiger partial charge in [0.2, 0.25) is 5.91 Å². The number of carbonyl (C=O) groups excluding carboxylic acids is 1. The number of nitrogens with zero attached hydrogens (tertiary/aromatic N) is 1. The first-order chi connectivity index (χ1) is 16.5. The number of thiazole rings is 1. The highest BCUT2D eigenvalue weighted by atomic mass is 35.5. The zero-order chi connectivity index (χ0) is 23.9. The highest BCUT2D eigenvalue weighted by Crippen LogP contribution is 2.30. The van der Waals surface area contributed by atoms with E-state index in [1.54, 1.807) is 25.3 Å². The molecule has 4 rings (SSSR count). The average molecular weight is 511 g/mol. The van der Waals surface area contributed by atoms with Crippen LogP contribution in [0.5, 0.6) is 11.5 Å². The summed E-state index contributed by atoms with van der Waals surface area (Å²) in [5.41, 5.74) is 3.50. The summed E-state index contributed by atoms with van der Waals surface area (Å²) in [5.74, 6) is 0.902. The van der Waals surface area contributed by atoms with Gasteiger partial charge < -0.3 is 9.47 Å². The van der Waals surface area contributed by atoms with Crippen molar-refractivity contribution in [2.75, 3.05) is 12.4 Å². The number of carbonyl (C=O) groups is 1. The van der Waals surface area contributed by atoms with Crippen molar-refractivity contribution in [3.63, 3.8) is 0 Å². The van der Waals surface area contributed by atoms with E-state index in [-0.39, 0.29) is 5.91 Å². The largest absolute Gasteiger partial charge is 0.493 e. The molecule has 0 fully saturated rings. The molecule has 0 unspecified atom stereocenters. The minimum atomic E-state index is -0.279. The maximum absolute atomic E-state index is 12.4. The van der Waals surface area contributed by atoms with E-state index in [2.05, 4.69) is 10.3 Å². The third-order valence-electron chi connectivity index (χ3n) is 4.80. The minimum Gasteiger partial charge on any atom is -0.493 e. The molecule has 1 amide bonds. The van der Waals surface area contributed by atoms with Crippen LogP contribution in [0.3, 0.4) is 0 Å². The molecule has 1 aromatic heterocycles. The number of benzene rings is 3. The quantitative estimate of drug-likeness (QED) is 0.251. The van der Waals surface area contributed by atoms with Crippen molar-refractivity contribution in [3.05, 3.63) is 99.4 Å². The topological polar surface area (TPSA) is 60.5 Å². The van der Waals surface area contributed by atoms with Gasteiger partial charge in [-0.05, 0) is 53.6 Å². The standard InChI is InChI=1S/C26H20Cl2N2O3S/c1-32-24-14-17(4-12-23(24)33-15-18-2-8-20(27)9-3-18)5-13-25(31)30-26-29-22(16-34-26)19-6-10-21(28)11-7-19/h2-14,16H,15H2,1H3,(H,29,30,31). The Balaban J connectivity index is 1.36. The third-order valence-corrected chi connectivity index (χ3v) is 6.06. The molecule has 3 aromatic carbocycles. The van der Waals surface area contributed by atoms with Gasteiger partial charge in [-0.15, -0.1) is 11.3 Å². The lowest BCUT2D eigenvalue weighted by atomic mass is 10.2. The van der Waals surface area contributed by atoms with E-state index < -0.39 is 0 Å². The Labute approximate surface area is 211 Å². The molecule has 34 heavy (non-hydrogen) atoms. The highest BCUT2D eigenvalue weighted by Gasteiger charge is 2.08. The fourth-order valence-electron chi connectivity index (χ4n) is 3.05. The normalized spacial score (nSPS) is 10.9. The lowest BCUT2D eigenvalue weighted by molar-refractivity contribution is -0.111. The van der Waals surface area contributed by atoms with Crippen LogP contribution >= 0.6 is 34.5 Å². The number of methoxy groups -OCH3 is 1. The van der Waals surface area contributed by atoms with Crippen molar-refractivity contribution in [1.29, 1.82) is 0 Å². The van der Waals surface area contributed by atoms with E-state index in [0.717, 1.165) is 22.4 Å². The summed E-state index contributed by atoms with van der Waals surface area (Å²) in [4.78, 5) is 16.8. The summed E-state index contributed by atoms with van der Waals surface area (Å²) in [5, 5.41) is 6.53. The molecule has 0 bridgehead atoms. The lowest BCUT2D eigenvalue weighted by Gasteiger charge is -2.11. The van der Waals surface area contributed by atoms with E-state index >= 15 is 0 Å². The Morgan fingerprint density at radius 2 is 1.71 bits per heavy atom. The van der Waals surface area contributed by atoms with Crippen LogP contribution in [0, 0.1) is 0 Å². The Kier molecular flexibility index (Phi) is 7.85. The van der Waals surface area contributed by atoms with Gasteiger partial charge in [0.05, 0.1) is 12.8 Å². The number of hydrogen-bond donors (Lipinski definition) is 1. The Morgan fingerprint density at radius 1 is 1.00 bits per heavy atom. The number of anilines is 1. The summed E-state index contributed by atoms with van der Waals surface area (Å²) in [6.45, 7) is 0.386. The second-order valence-electron chi connectivity index (χ2n) is 7.19. The van der Waals surface area contributed by atoms with Crippen LogP contribution in [0.15, 0.2) is 78.2 Å². The number of rotatable bonds is 8. The highest BCUT2D eigenvalue weighted by molar-refractivity contribution is 7.14. The maximum atomic E-state index is 12.4. The SMILES string of the molecule is COc1cc(C=CC(=O)Nc2nc(-c3ccc(Cl)cc3)cs2)ccc1OCc1ccc(Cl)cc1. The molecular weight excluding hydrogens is 491 g/mol. The maximum Gasteiger partial charge on any atom is 0.250 e.